The Hall–Kier alpha value is -2.05. The highest BCUT2D eigenvalue weighted by Gasteiger charge is 2.11. The molecule has 0 bridgehead atoms. The van der Waals surface area contributed by atoms with Gasteiger partial charge in [0.05, 0.1) is 6.61 Å². The zero-order valence-electron chi connectivity index (χ0n) is 14.5. The Labute approximate surface area is 147 Å². The van der Waals surface area contributed by atoms with Gasteiger partial charge in [-0.3, -0.25) is 0 Å². The number of hydrogen-bond donors (Lipinski definition) is 1. The van der Waals surface area contributed by atoms with E-state index in [-0.39, 0.29) is 12.1 Å². The van der Waals surface area contributed by atoms with Crippen LogP contribution in [0.2, 0.25) is 0 Å². The van der Waals surface area contributed by atoms with Gasteiger partial charge < -0.3 is 19.7 Å². The number of ether oxygens (including phenoxy) is 2. The molecule has 0 spiro atoms. The molecule has 1 unspecified atom stereocenters. The van der Waals surface area contributed by atoms with E-state index in [1.165, 1.54) is 10.5 Å². The largest absolute Gasteiger partial charge is 0.484 e. The maximum absolute atomic E-state index is 11.5. The van der Waals surface area contributed by atoms with Crippen LogP contribution >= 0.6 is 11.3 Å². The predicted octanol–water partition coefficient (Wildman–Crippen LogP) is 3.85. The molecule has 0 aliphatic heterocycles. The minimum Gasteiger partial charge on any atom is -0.484 e. The fourth-order valence-corrected chi connectivity index (χ4v) is 2.97. The van der Waals surface area contributed by atoms with Crippen molar-refractivity contribution in [3.05, 3.63) is 46.8 Å². The van der Waals surface area contributed by atoms with Gasteiger partial charge in [-0.1, -0.05) is 12.1 Å². The zero-order chi connectivity index (χ0) is 17.5. The van der Waals surface area contributed by atoms with Crippen LogP contribution in [-0.4, -0.2) is 38.7 Å². The van der Waals surface area contributed by atoms with E-state index in [1.54, 1.807) is 25.4 Å². The van der Waals surface area contributed by atoms with Crippen LogP contribution in [0.25, 0.3) is 0 Å². The lowest BCUT2D eigenvalue weighted by molar-refractivity contribution is 0.172. The van der Waals surface area contributed by atoms with Crippen molar-refractivity contribution in [3.63, 3.8) is 0 Å². The summed E-state index contributed by atoms with van der Waals surface area (Å²) >= 11 is 1.62. The first kappa shape index (κ1) is 18.3. The van der Waals surface area contributed by atoms with E-state index < -0.39 is 0 Å². The molecule has 130 valence electrons. The highest BCUT2D eigenvalue weighted by atomic mass is 32.1. The second-order valence-corrected chi connectivity index (χ2v) is 6.63. The topological polar surface area (TPSA) is 50.8 Å². The summed E-state index contributed by atoms with van der Waals surface area (Å²) in [5.74, 6) is 0.539. The number of nitrogens with one attached hydrogen (secondary N) is 1. The van der Waals surface area contributed by atoms with Crippen LogP contribution in [0, 0.1) is 6.92 Å². The molecule has 1 atom stereocenters. The van der Waals surface area contributed by atoms with Crippen molar-refractivity contribution in [1.82, 2.24) is 10.2 Å². The highest BCUT2D eigenvalue weighted by molar-refractivity contribution is 7.12. The van der Waals surface area contributed by atoms with E-state index in [4.69, 9.17) is 9.47 Å². The first-order valence-corrected chi connectivity index (χ1v) is 8.72. The molecule has 0 radical (unpaired) electrons. The van der Waals surface area contributed by atoms with E-state index in [0.717, 1.165) is 17.0 Å². The van der Waals surface area contributed by atoms with Crippen LogP contribution in [0.15, 0.2) is 35.7 Å². The normalized spacial score (nSPS) is 11.8. The number of nitrogens with zero attached hydrogens (tertiary/aromatic N) is 1. The van der Waals surface area contributed by atoms with Gasteiger partial charge in [-0.2, -0.15) is 0 Å². The smallest absolute Gasteiger partial charge is 0.414 e. The van der Waals surface area contributed by atoms with Crippen molar-refractivity contribution in [2.24, 2.45) is 0 Å². The summed E-state index contributed by atoms with van der Waals surface area (Å²) in [4.78, 5) is 12.9. The lowest BCUT2D eigenvalue weighted by Gasteiger charge is -2.17. The molecule has 24 heavy (non-hydrogen) atoms. The number of thiophene rings is 1. The van der Waals surface area contributed by atoms with E-state index in [1.807, 2.05) is 37.4 Å². The van der Waals surface area contributed by atoms with Crippen molar-refractivity contribution in [2.75, 3.05) is 27.7 Å². The Morgan fingerprint density at radius 1 is 1.29 bits per heavy atom. The van der Waals surface area contributed by atoms with Crippen molar-refractivity contribution in [3.8, 4) is 10.8 Å². The zero-order valence-corrected chi connectivity index (χ0v) is 15.4. The number of aryl methyl sites for hydroxylation is 1. The third kappa shape index (κ3) is 5.25. The molecular weight excluding hydrogens is 324 g/mol. The molecule has 5 nitrogen and oxygen atoms in total. The Balaban J connectivity index is 1.88. The average molecular weight is 348 g/mol. The van der Waals surface area contributed by atoms with E-state index in [0.29, 0.717) is 12.4 Å². The van der Waals surface area contributed by atoms with Gasteiger partial charge in [0.1, 0.15) is 5.75 Å². The quantitative estimate of drug-likeness (QED) is 0.826. The van der Waals surface area contributed by atoms with E-state index in [2.05, 4.69) is 17.6 Å². The van der Waals surface area contributed by atoms with Gasteiger partial charge in [0.25, 0.3) is 0 Å². The van der Waals surface area contributed by atoms with Gasteiger partial charge in [0, 0.05) is 26.6 Å². The van der Waals surface area contributed by atoms with Gasteiger partial charge in [-0.15, -0.1) is 11.3 Å². The minimum absolute atomic E-state index is 0.185. The molecular formula is C18H24N2O3S. The number of carbonyl (C=O) groups excluding carboxylic acids is 1. The molecule has 1 aromatic heterocycles. The maximum Gasteiger partial charge on any atom is 0.414 e. The molecule has 0 saturated heterocycles. The van der Waals surface area contributed by atoms with Crippen LogP contribution in [0.3, 0.4) is 0 Å². The lowest BCUT2D eigenvalue weighted by atomic mass is 10.0. The molecule has 1 aromatic carbocycles. The van der Waals surface area contributed by atoms with Gasteiger partial charge >= 0.3 is 6.09 Å². The Kier molecular flexibility index (Phi) is 6.63. The van der Waals surface area contributed by atoms with Crippen molar-refractivity contribution >= 4 is 17.4 Å². The Bertz CT molecular complexity index is 653. The molecule has 0 aliphatic rings. The summed E-state index contributed by atoms with van der Waals surface area (Å²) in [6.07, 6.45) is 0.470. The highest BCUT2D eigenvalue weighted by Crippen LogP contribution is 2.24. The monoisotopic (exact) mass is 348 g/mol. The third-order valence-electron chi connectivity index (χ3n) is 3.56. The van der Waals surface area contributed by atoms with Crippen LogP contribution in [0.4, 0.5) is 4.79 Å². The Morgan fingerprint density at radius 2 is 2.00 bits per heavy atom. The van der Waals surface area contributed by atoms with Gasteiger partial charge in [0.2, 0.25) is 0 Å². The van der Waals surface area contributed by atoms with Gasteiger partial charge in [0.15, 0.2) is 5.06 Å². The summed E-state index contributed by atoms with van der Waals surface area (Å²) in [7, 11) is 5.24. The molecule has 1 heterocycles. The summed E-state index contributed by atoms with van der Waals surface area (Å²) in [6.45, 7) is 2.70. The van der Waals surface area contributed by atoms with Crippen LogP contribution in [-0.2, 0) is 0 Å². The van der Waals surface area contributed by atoms with E-state index >= 15 is 0 Å². The fraction of sp³-hybridized carbons (Fsp3) is 0.389. The Morgan fingerprint density at radius 3 is 2.54 bits per heavy atom. The molecule has 0 fully saturated rings. The summed E-state index contributed by atoms with van der Waals surface area (Å²) < 4.78 is 11.0. The third-order valence-corrected chi connectivity index (χ3v) is 4.52. The second kappa shape index (κ2) is 8.70. The fourth-order valence-electron chi connectivity index (χ4n) is 2.20. The number of carbonyl (C=O) groups is 1. The number of amides is 1. The van der Waals surface area contributed by atoms with Crippen molar-refractivity contribution in [1.29, 1.82) is 0 Å². The molecule has 1 amide bonds. The number of rotatable bonds is 7. The molecule has 1 N–H and O–H groups in total. The van der Waals surface area contributed by atoms with Crippen molar-refractivity contribution < 1.29 is 14.3 Å². The van der Waals surface area contributed by atoms with E-state index in [9.17, 15) is 4.79 Å². The molecule has 0 saturated carbocycles. The standard InChI is InChI=1S/C18H24N2O3S/c1-13-11-17(24-12-13)22-10-9-16(19-2)14-5-7-15(8-6-14)23-18(21)20(3)4/h5-8,11-12,16,19H,9-10H2,1-4H3. The molecule has 2 rings (SSSR count). The minimum atomic E-state index is -0.382. The van der Waals surface area contributed by atoms with Crippen LogP contribution in [0.1, 0.15) is 23.6 Å². The SMILES string of the molecule is CNC(CCOc1cc(C)cs1)c1ccc(OC(=O)N(C)C)cc1. The van der Waals surface area contributed by atoms with Gasteiger partial charge in [-0.25, -0.2) is 4.79 Å². The molecule has 6 heteroatoms. The molecule has 2 aromatic rings. The second-order valence-electron chi connectivity index (χ2n) is 5.75. The summed E-state index contributed by atoms with van der Waals surface area (Å²) in [5.41, 5.74) is 2.36. The number of benzene rings is 1. The van der Waals surface area contributed by atoms with Crippen LogP contribution < -0.4 is 14.8 Å². The predicted molar refractivity (Wildman–Crippen MR) is 97.1 cm³/mol. The first-order chi connectivity index (χ1) is 11.5. The van der Waals surface area contributed by atoms with Crippen molar-refractivity contribution in [2.45, 2.75) is 19.4 Å². The van der Waals surface area contributed by atoms with Crippen LogP contribution in [0.5, 0.6) is 10.8 Å². The lowest BCUT2D eigenvalue weighted by Crippen LogP contribution is -2.25. The number of hydrogen-bond acceptors (Lipinski definition) is 5. The summed E-state index contributed by atoms with van der Waals surface area (Å²) in [6, 6.07) is 9.79. The maximum atomic E-state index is 11.5. The first-order valence-electron chi connectivity index (χ1n) is 7.84. The van der Waals surface area contributed by atoms with Gasteiger partial charge in [-0.05, 0) is 48.7 Å². The summed E-state index contributed by atoms with van der Waals surface area (Å²) in [5, 5.41) is 6.33. The molecule has 0 aliphatic carbocycles. The average Bonchev–Trinajstić information content (AvgIpc) is 2.98.